The molecule has 122 valence electrons. The molecule has 0 aliphatic heterocycles. The van der Waals surface area contributed by atoms with Gasteiger partial charge >= 0.3 is 5.97 Å². The smallest absolute Gasteiger partial charge is 0.343 e. The molecule has 0 fully saturated rings. The number of carbonyl (C=O) groups is 1. The molecule has 23 heavy (non-hydrogen) atoms. The molecule has 0 saturated heterocycles. The molecular formula is C19H21BrO3. The lowest BCUT2D eigenvalue weighted by atomic mass is 10.1. The molecule has 2 rings (SSSR count). The standard InChI is InChI=1S/C19H21BrO3/c1-4-5-11-22-17-10-9-15(12-16(17)20)19(21)23-18-13(2)7-6-8-14(18)3/h6-10,12H,4-5,11H2,1-3H3. The Morgan fingerprint density at radius 1 is 1.13 bits per heavy atom. The molecule has 2 aromatic rings. The highest BCUT2D eigenvalue weighted by molar-refractivity contribution is 9.10. The van der Waals surface area contributed by atoms with Crippen LogP contribution in [-0.4, -0.2) is 12.6 Å². The highest BCUT2D eigenvalue weighted by atomic mass is 79.9. The minimum Gasteiger partial charge on any atom is -0.492 e. The van der Waals surface area contributed by atoms with Gasteiger partial charge in [-0.2, -0.15) is 0 Å². The van der Waals surface area contributed by atoms with Crippen LogP contribution in [0, 0.1) is 13.8 Å². The zero-order valence-corrected chi connectivity index (χ0v) is 15.3. The van der Waals surface area contributed by atoms with Crippen LogP contribution >= 0.6 is 15.9 Å². The Bertz CT molecular complexity index is 675. The third-order valence-corrected chi connectivity index (χ3v) is 4.15. The Hall–Kier alpha value is -1.81. The zero-order chi connectivity index (χ0) is 16.8. The van der Waals surface area contributed by atoms with Gasteiger partial charge in [0.2, 0.25) is 0 Å². The molecule has 0 unspecified atom stereocenters. The van der Waals surface area contributed by atoms with Gasteiger partial charge < -0.3 is 9.47 Å². The van der Waals surface area contributed by atoms with E-state index in [0.29, 0.717) is 17.9 Å². The van der Waals surface area contributed by atoms with Crippen molar-refractivity contribution >= 4 is 21.9 Å². The van der Waals surface area contributed by atoms with Crippen molar-refractivity contribution in [3.05, 3.63) is 57.6 Å². The number of esters is 1. The molecule has 0 bridgehead atoms. The Kier molecular flexibility index (Phi) is 6.22. The van der Waals surface area contributed by atoms with Crippen LogP contribution in [0.5, 0.6) is 11.5 Å². The van der Waals surface area contributed by atoms with E-state index in [1.165, 1.54) is 0 Å². The van der Waals surface area contributed by atoms with Gasteiger partial charge in [-0.1, -0.05) is 31.5 Å². The molecule has 0 heterocycles. The monoisotopic (exact) mass is 376 g/mol. The predicted molar refractivity (Wildman–Crippen MR) is 95.4 cm³/mol. The van der Waals surface area contributed by atoms with Crippen LogP contribution in [0.1, 0.15) is 41.3 Å². The van der Waals surface area contributed by atoms with Gasteiger partial charge in [0.25, 0.3) is 0 Å². The number of halogens is 1. The first kappa shape index (κ1) is 17.5. The fraction of sp³-hybridized carbons (Fsp3) is 0.316. The number of hydrogen-bond acceptors (Lipinski definition) is 3. The molecule has 4 heteroatoms. The summed E-state index contributed by atoms with van der Waals surface area (Å²) >= 11 is 3.45. The molecule has 0 saturated carbocycles. The minimum atomic E-state index is -0.372. The highest BCUT2D eigenvalue weighted by Gasteiger charge is 2.14. The van der Waals surface area contributed by atoms with Gasteiger partial charge in [0.1, 0.15) is 11.5 Å². The van der Waals surface area contributed by atoms with Gasteiger partial charge in [0.05, 0.1) is 16.6 Å². The summed E-state index contributed by atoms with van der Waals surface area (Å²) in [6.07, 6.45) is 2.08. The van der Waals surface area contributed by atoms with Crippen LogP contribution < -0.4 is 9.47 Å². The third-order valence-electron chi connectivity index (χ3n) is 3.53. The van der Waals surface area contributed by atoms with Gasteiger partial charge in [-0.3, -0.25) is 0 Å². The van der Waals surface area contributed by atoms with Crippen molar-refractivity contribution in [2.45, 2.75) is 33.6 Å². The third kappa shape index (κ3) is 4.58. The molecular weight excluding hydrogens is 356 g/mol. The number of carbonyl (C=O) groups excluding carboxylic acids is 1. The maximum absolute atomic E-state index is 12.4. The highest BCUT2D eigenvalue weighted by Crippen LogP contribution is 2.28. The number of aryl methyl sites for hydroxylation is 2. The number of benzene rings is 2. The van der Waals surface area contributed by atoms with Crippen LogP contribution in [0.15, 0.2) is 40.9 Å². The molecule has 3 nitrogen and oxygen atoms in total. The van der Waals surface area contributed by atoms with Crippen molar-refractivity contribution in [3.8, 4) is 11.5 Å². The summed E-state index contributed by atoms with van der Waals surface area (Å²) in [6.45, 7) is 6.64. The maximum atomic E-state index is 12.4. The lowest BCUT2D eigenvalue weighted by Gasteiger charge is -2.12. The molecule has 0 atom stereocenters. The second-order valence-electron chi connectivity index (χ2n) is 5.46. The summed E-state index contributed by atoms with van der Waals surface area (Å²) in [7, 11) is 0. The minimum absolute atomic E-state index is 0.372. The summed E-state index contributed by atoms with van der Waals surface area (Å²) in [5.41, 5.74) is 2.37. The van der Waals surface area contributed by atoms with Gasteiger partial charge in [-0.25, -0.2) is 4.79 Å². The normalized spacial score (nSPS) is 10.4. The number of rotatable bonds is 6. The lowest BCUT2D eigenvalue weighted by molar-refractivity contribution is 0.0732. The van der Waals surface area contributed by atoms with E-state index in [0.717, 1.165) is 34.2 Å². The zero-order valence-electron chi connectivity index (χ0n) is 13.7. The quantitative estimate of drug-likeness (QED) is 0.381. The fourth-order valence-electron chi connectivity index (χ4n) is 2.18. The average Bonchev–Trinajstić information content (AvgIpc) is 2.52. The molecule has 0 aliphatic carbocycles. The van der Waals surface area contributed by atoms with E-state index in [9.17, 15) is 4.79 Å². The van der Waals surface area contributed by atoms with Gasteiger partial charge in [-0.05, 0) is 65.5 Å². The van der Waals surface area contributed by atoms with Crippen LogP contribution in [0.3, 0.4) is 0 Å². The van der Waals surface area contributed by atoms with Crippen molar-refractivity contribution in [1.82, 2.24) is 0 Å². The number of hydrogen-bond donors (Lipinski definition) is 0. The average molecular weight is 377 g/mol. The van der Waals surface area contributed by atoms with E-state index >= 15 is 0 Å². The first-order valence-electron chi connectivity index (χ1n) is 7.73. The van der Waals surface area contributed by atoms with Crippen LogP contribution in [0.4, 0.5) is 0 Å². The second kappa shape index (κ2) is 8.16. The predicted octanol–water partition coefficient (Wildman–Crippen LogP) is 5.46. The van der Waals surface area contributed by atoms with E-state index in [1.54, 1.807) is 18.2 Å². The summed E-state index contributed by atoms with van der Waals surface area (Å²) in [5, 5.41) is 0. The van der Waals surface area contributed by atoms with E-state index in [1.807, 2.05) is 32.0 Å². The molecule has 0 spiro atoms. The summed E-state index contributed by atoms with van der Waals surface area (Å²) in [6, 6.07) is 11.0. The van der Waals surface area contributed by atoms with E-state index in [-0.39, 0.29) is 5.97 Å². The number of ether oxygens (including phenoxy) is 2. The lowest BCUT2D eigenvalue weighted by Crippen LogP contribution is -2.10. The van der Waals surface area contributed by atoms with E-state index in [2.05, 4.69) is 22.9 Å². The van der Waals surface area contributed by atoms with Gasteiger partial charge in [-0.15, -0.1) is 0 Å². The number of unbranched alkanes of at least 4 members (excludes halogenated alkanes) is 1. The van der Waals surface area contributed by atoms with Gasteiger partial charge in [0.15, 0.2) is 0 Å². The van der Waals surface area contributed by atoms with Gasteiger partial charge in [0, 0.05) is 0 Å². The maximum Gasteiger partial charge on any atom is 0.343 e. The van der Waals surface area contributed by atoms with E-state index < -0.39 is 0 Å². The largest absolute Gasteiger partial charge is 0.492 e. The van der Waals surface area contributed by atoms with Crippen molar-refractivity contribution in [2.24, 2.45) is 0 Å². The van der Waals surface area contributed by atoms with Crippen LogP contribution in [-0.2, 0) is 0 Å². The summed E-state index contributed by atoms with van der Waals surface area (Å²) in [4.78, 5) is 12.4. The molecule has 0 N–H and O–H groups in total. The molecule has 0 radical (unpaired) electrons. The number of para-hydroxylation sites is 1. The first-order valence-corrected chi connectivity index (χ1v) is 8.53. The Balaban J connectivity index is 2.12. The van der Waals surface area contributed by atoms with Crippen LogP contribution in [0.25, 0.3) is 0 Å². The second-order valence-corrected chi connectivity index (χ2v) is 6.31. The summed E-state index contributed by atoms with van der Waals surface area (Å²) < 4.78 is 12.0. The summed E-state index contributed by atoms with van der Waals surface area (Å²) in [5.74, 6) is 0.988. The van der Waals surface area contributed by atoms with E-state index in [4.69, 9.17) is 9.47 Å². The molecule has 2 aromatic carbocycles. The van der Waals surface area contributed by atoms with Crippen molar-refractivity contribution < 1.29 is 14.3 Å². The van der Waals surface area contributed by atoms with Crippen LogP contribution in [0.2, 0.25) is 0 Å². The first-order chi connectivity index (χ1) is 11.0. The Morgan fingerprint density at radius 2 is 1.83 bits per heavy atom. The Labute approximate surface area is 145 Å². The fourth-order valence-corrected chi connectivity index (χ4v) is 2.68. The van der Waals surface area contributed by atoms with Crippen molar-refractivity contribution in [3.63, 3.8) is 0 Å². The topological polar surface area (TPSA) is 35.5 Å². The van der Waals surface area contributed by atoms with Crippen molar-refractivity contribution in [2.75, 3.05) is 6.61 Å². The SMILES string of the molecule is CCCCOc1ccc(C(=O)Oc2c(C)cccc2C)cc1Br. The van der Waals surface area contributed by atoms with Crippen molar-refractivity contribution in [1.29, 1.82) is 0 Å². The molecule has 0 aliphatic rings. The Morgan fingerprint density at radius 3 is 2.43 bits per heavy atom. The molecule has 0 amide bonds. The molecule has 0 aromatic heterocycles.